The first-order chi connectivity index (χ1) is 13.6. The summed E-state index contributed by atoms with van der Waals surface area (Å²) in [4.78, 5) is 0. The van der Waals surface area contributed by atoms with Crippen LogP contribution in [0.2, 0.25) is 10.0 Å². The summed E-state index contributed by atoms with van der Waals surface area (Å²) < 4.78 is 23.7. The fourth-order valence-corrected chi connectivity index (χ4v) is 3.88. The van der Waals surface area contributed by atoms with Gasteiger partial charge < -0.3 is 29.2 Å². The van der Waals surface area contributed by atoms with Crippen LogP contribution in [0, 0.1) is 0 Å². The van der Waals surface area contributed by atoms with E-state index in [1.807, 2.05) is 12.1 Å². The SMILES string of the molecule is OC[C@H]1OC(c2ccccc2Cl)O[C@H]2[C@@H]1OC(c1ccccc1Cl)OC[C@@H]2O. The van der Waals surface area contributed by atoms with Gasteiger partial charge in [0.1, 0.15) is 24.4 Å². The van der Waals surface area contributed by atoms with Gasteiger partial charge in [-0.05, 0) is 12.1 Å². The third-order valence-electron chi connectivity index (χ3n) is 4.85. The standard InChI is InChI=1S/C20H20Cl2O6/c21-13-7-3-1-5-11(13)19-25-10-15(24)17-18(28-19)16(9-23)26-20(27-17)12-6-2-4-8-14(12)22/h1-8,15-20,23-24H,9-10H2/t15-,16+,17+,18+,19?,20?/m0/s1. The van der Waals surface area contributed by atoms with Crippen molar-refractivity contribution in [3.63, 3.8) is 0 Å². The van der Waals surface area contributed by atoms with Gasteiger partial charge in [0.15, 0.2) is 12.6 Å². The summed E-state index contributed by atoms with van der Waals surface area (Å²) in [5, 5.41) is 21.5. The summed E-state index contributed by atoms with van der Waals surface area (Å²) in [5.74, 6) is 0. The molecule has 2 fully saturated rings. The molecule has 0 aliphatic carbocycles. The zero-order valence-corrected chi connectivity index (χ0v) is 16.3. The second-order valence-electron chi connectivity index (χ2n) is 6.67. The number of rotatable bonds is 3. The molecule has 0 aromatic heterocycles. The van der Waals surface area contributed by atoms with E-state index >= 15 is 0 Å². The van der Waals surface area contributed by atoms with Crippen molar-refractivity contribution in [2.75, 3.05) is 13.2 Å². The van der Waals surface area contributed by atoms with E-state index in [9.17, 15) is 10.2 Å². The smallest absolute Gasteiger partial charge is 0.186 e. The second-order valence-corrected chi connectivity index (χ2v) is 7.48. The summed E-state index contributed by atoms with van der Waals surface area (Å²) in [6.45, 7) is -0.349. The first kappa shape index (κ1) is 20.1. The number of aliphatic hydroxyl groups excluding tert-OH is 2. The summed E-state index contributed by atoms with van der Waals surface area (Å²) in [7, 11) is 0. The van der Waals surface area contributed by atoms with Crippen molar-refractivity contribution in [2.45, 2.75) is 37.0 Å². The first-order valence-electron chi connectivity index (χ1n) is 8.94. The molecule has 0 bridgehead atoms. The molecule has 2 aliphatic rings. The highest BCUT2D eigenvalue weighted by Gasteiger charge is 2.47. The molecule has 2 unspecified atom stereocenters. The molecule has 2 saturated heterocycles. The Hall–Kier alpha value is -1.22. The Morgan fingerprint density at radius 1 is 0.821 bits per heavy atom. The van der Waals surface area contributed by atoms with Crippen molar-refractivity contribution in [3.05, 3.63) is 69.7 Å². The molecule has 6 atom stereocenters. The summed E-state index contributed by atoms with van der Waals surface area (Å²) in [6, 6.07) is 14.2. The number of halogens is 2. The van der Waals surface area contributed by atoms with E-state index in [4.69, 9.17) is 42.1 Å². The lowest BCUT2D eigenvalue weighted by molar-refractivity contribution is -0.321. The van der Waals surface area contributed by atoms with E-state index in [0.29, 0.717) is 21.2 Å². The van der Waals surface area contributed by atoms with Gasteiger partial charge in [0.25, 0.3) is 0 Å². The van der Waals surface area contributed by atoms with Crippen molar-refractivity contribution in [3.8, 4) is 0 Å². The molecule has 0 amide bonds. The Balaban J connectivity index is 1.62. The number of aliphatic hydroxyl groups is 2. The van der Waals surface area contributed by atoms with Crippen LogP contribution in [-0.4, -0.2) is 47.8 Å². The van der Waals surface area contributed by atoms with Gasteiger partial charge in [0.2, 0.25) is 0 Å². The Labute approximate surface area is 172 Å². The molecule has 28 heavy (non-hydrogen) atoms. The molecule has 2 aromatic carbocycles. The van der Waals surface area contributed by atoms with Crippen LogP contribution in [-0.2, 0) is 18.9 Å². The maximum atomic E-state index is 10.6. The van der Waals surface area contributed by atoms with Gasteiger partial charge in [0, 0.05) is 21.2 Å². The topological polar surface area (TPSA) is 77.4 Å². The molecule has 0 spiro atoms. The zero-order chi connectivity index (χ0) is 19.7. The lowest BCUT2D eigenvalue weighted by Gasteiger charge is -2.42. The molecule has 6 nitrogen and oxygen atoms in total. The van der Waals surface area contributed by atoms with E-state index in [1.165, 1.54) is 0 Å². The molecule has 0 saturated carbocycles. The number of ether oxygens (including phenoxy) is 4. The highest BCUT2D eigenvalue weighted by molar-refractivity contribution is 6.31. The number of hydrogen-bond donors (Lipinski definition) is 2. The molecular weight excluding hydrogens is 407 g/mol. The number of benzene rings is 2. The normalized spacial score (nSPS) is 33.1. The average molecular weight is 427 g/mol. The third kappa shape index (κ3) is 3.92. The minimum Gasteiger partial charge on any atom is -0.394 e. The Morgan fingerprint density at radius 3 is 2.00 bits per heavy atom. The summed E-state index contributed by atoms with van der Waals surface area (Å²) >= 11 is 12.5. The monoisotopic (exact) mass is 426 g/mol. The quantitative estimate of drug-likeness (QED) is 0.784. The molecule has 2 aliphatic heterocycles. The van der Waals surface area contributed by atoms with Gasteiger partial charge in [-0.25, -0.2) is 0 Å². The van der Waals surface area contributed by atoms with Crippen LogP contribution in [0.1, 0.15) is 23.7 Å². The van der Waals surface area contributed by atoms with Gasteiger partial charge in [-0.1, -0.05) is 59.6 Å². The Bertz CT molecular complexity index is 775. The van der Waals surface area contributed by atoms with Gasteiger partial charge in [0.05, 0.1) is 13.2 Å². The van der Waals surface area contributed by atoms with Crippen LogP contribution in [0.4, 0.5) is 0 Å². The zero-order valence-electron chi connectivity index (χ0n) is 14.8. The molecule has 0 radical (unpaired) electrons. The van der Waals surface area contributed by atoms with E-state index < -0.39 is 37.0 Å². The molecule has 8 heteroatoms. The van der Waals surface area contributed by atoms with Crippen molar-refractivity contribution in [2.24, 2.45) is 0 Å². The van der Waals surface area contributed by atoms with Crippen molar-refractivity contribution >= 4 is 23.2 Å². The maximum absolute atomic E-state index is 10.6. The number of hydrogen-bond acceptors (Lipinski definition) is 6. The molecule has 2 heterocycles. The predicted octanol–water partition coefficient (Wildman–Crippen LogP) is 3.24. The summed E-state index contributed by atoms with van der Waals surface area (Å²) in [6.07, 6.45) is -4.94. The maximum Gasteiger partial charge on any atom is 0.186 e. The van der Waals surface area contributed by atoms with Crippen LogP contribution >= 0.6 is 23.2 Å². The molecule has 2 N–H and O–H groups in total. The van der Waals surface area contributed by atoms with Crippen molar-refractivity contribution in [1.29, 1.82) is 0 Å². The van der Waals surface area contributed by atoms with Gasteiger partial charge in [-0.15, -0.1) is 0 Å². The van der Waals surface area contributed by atoms with Crippen LogP contribution in [0.15, 0.2) is 48.5 Å². The number of fused-ring (bicyclic) bond motifs is 1. The highest BCUT2D eigenvalue weighted by Crippen LogP contribution is 2.40. The van der Waals surface area contributed by atoms with Crippen LogP contribution in [0.3, 0.4) is 0 Å². The minimum absolute atomic E-state index is 0.0234. The summed E-state index contributed by atoms with van der Waals surface area (Å²) in [5.41, 5.74) is 1.24. The highest BCUT2D eigenvalue weighted by atomic mass is 35.5. The van der Waals surface area contributed by atoms with E-state index in [-0.39, 0.29) is 13.2 Å². The van der Waals surface area contributed by atoms with Crippen molar-refractivity contribution < 1.29 is 29.2 Å². The Kier molecular flexibility index (Phi) is 6.20. The second kappa shape index (κ2) is 8.65. The lowest BCUT2D eigenvalue weighted by atomic mass is 10.0. The molecular formula is C20H20Cl2O6. The van der Waals surface area contributed by atoms with Crippen LogP contribution < -0.4 is 0 Å². The van der Waals surface area contributed by atoms with E-state index in [2.05, 4.69) is 0 Å². The molecule has 4 rings (SSSR count). The largest absolute Gasteiger partial charge is 0.394 e. The first-order valence-corrected chi connectivity index (χ1v) is 9.70. The van der Waals surface area contributed by atoms with E-state index in [1.54, 1.807) is 36.4 Å². The fourth-order valence-electron chi connectivity index (χ4n) is 3.43. The Morgan fingerprint density at radius 2 is 1.39 bits per heavy atom. The predicted molar refractivity (Wildman–Crippen MR) is 102 cm³/mol. The molecule has 150 valence electrons. The van der Waals surface area contributed by atoms with Crippen LogP contribution in [0.25, 0.3) is 0 Å². The molecule has 2 aromatic rings. The minimum atomic E-state index is -0.986. The third-order valence-corrected chi connectivity index (χ3v) is 5.53. The lowest BCUT2D eigenvalue weighted by Crippen LogP contribution is -2.54. The fraction of sp³-hybridized carbons (Fsp3) is 0.400. The van der Waals surface area contributed by atoms with E-state index in [0.717, 1.165) is 0 Å². The van der Waals surface area contributed by atoms with Gasteiger partial charge in [-0.2, -0.15) is 0 Å². The van der Waals surface area contributed by atoms with Crippen molar-refractivity contribution in [1.82, 2.24) is 0 Å². The van der Waals surface area contributed by atoms with Gasteiger partial charge >= 0.3 is 0 Å². The van der Waals surface area contributed by atoms with Gasteiger partial charge in [-0.3, -0.25) is 0 Å². The van der Waals surface area contributed by atoms with Crippen LogP contribution in [0.5, 0.6) is 0 Å². The average Bonchev–Trinajstić information content (AvgIpc) is 2.87.